The van der Waals surface area contributed by atoms with E-state index in [1.807, 2.05) is 74.7 Å². The van der Waals surface area contributed by atoms with E-state index in [-0.39, 0.29) is 11.8 Å². The van der Waals surface area contributed by atoms with Gasteiger partial charge in [0.05, 0.1) is 11.4 Å². The topological polar surface area (TPSA) is 88.8 Å². The third-order valence-electron chi connectivity index (χ3n) is 6.11. The van der Waals surface area contributed by atoms with Crippen molar-refractivity contribution in [3.05, 3.63) is 64.5 Å². The number of rotatable bonds is 5. The molecule has 1 atom stereocenters. The van der Waals surface area contributed by atoms with E-state index in [1.165, 1.54) is 0 Å². The van der Waals surface area contributed by atoms with Crippen LogP contribution in [0.15, 0.2) is 30.3 Å². The molecule has 0 bridgehead atoms. The second-order valence-electron chi connectivity index (χ2n) is 8.68. The molecule has 1 saturated heterocycles. The van der Waals surface area contributed by atoms with Gasteiger partial charge in [0.1, 0.15) is 17.5 Å². The minimum absolute atomic E-state index is 0.0236. The zero-order chi connectivity index (χ0) is 23.5. The number of aromatic nitrogens is 5. The van der Waals surface area contributed by atoms with E-state index in [1.54, 1.807) is 6.08 Å². The van der Waals surface area contributed by atoms with Crippen LogP contribution in [0, 0.1) is 27.7 Å². The third-order valence-corrected chi connectivity index (χ3v) is 6.11. The maximum absolute atomic E-state index is 12.9. The Morgan fingerprint density at radius 3 is 2.67 bits per heavy atom. The van der Waals surface area contributed by atoms with Crippen molar-refractivity contribution in [2.45, 2.75) is 46.5 Å². The number of amides is 1. The molecule has 33 heavy (non-hydrogen) atoms. The highest BCUT2D eigenvalue weighted by molar-refractivity contribution is 5.92. The van der Waals surface area contributed by atoms with E-state index in [9.17, 15) is 4.79 Å². The number of nitrogens with one attached hydrogen (secondary N) is 1. The summed E-state index contributed by atoms with van der Waals surface area (Å²) in [5, 5.41) is 7.71. The molecule has 8 heteroatoms. The first kappa shape index (κ1) is 22.6. The van der Waals surface area contributed by atoms with Gasteiger partial charge < -0.3 is 10.2 Å². The highest BCUT2D eigenvalue weighted by atomic mass is 16.2. The van der Waals surface area contributed by atoms with Gasteiger partial charge >= 0.3 is 0 Å². The first-order valence-corrected chi connectivity index (χ1v) is 11.3. The molecule has 0 spiro atoms. The van der Waals surface area contributed by atoms with Gasteiger partial charge in [0.15, 0.2) is 0 Å². The Bertz CT molecular complexity index is 1200. The van der Waals surface area contributed by atoms with Gasteiger partial charge in [0, 0.05) is 55.1 Å². The van der Waals surface area contributed by atoms with Gasteiger partial charge in [0.2, 0.25) is 5.91 Å². The molecule has 0 radical (unpaired) electrons. The van der Waals surface area contributed by atoms with Crippen LogP contribution in [0.25, 0.3) is 6.08 Å². The third kappa shape index (κ3) is 5.27. The fraction of sp³-hybridized carbons (Fsp3) is 0.400. The Morgan fingerprint density at radius 1 is 1.12 bits per heavy atom. The van der Waals surface area contributed by atoms with E-state index in [2.05, 4.69) is 20.4 Å². The first-order valence-electron chi connectivity index (χ1n) is 11.3. The molecular formula is C25H31N7O. The first-order chi connectivity index (χ1) is 15.8. The molecule has 3 aromatic rings. The number of hydrogen-bond donors (Lipinski definition) is 1. The number of carbonyl (C=O) groups is 1. The quantitative estimate of drug-likeness (QED) is 0.597. The standard InChI is InChI=1S/C25H31N7O/c1-16-8-6-10-23(26-16)29-24-14-22(27-19(4)28-24)20-9-7-13-32(15-20)25(33)12-11-21-17(2)30-31(5)18(21)3/h6,8,10-12,14,20H,7,9,13,15H2,1-5H3,(H,26,27,28,29)/b12-11+/t20-/m0/s1. The van der Waals surface area contributed by atoms with Crippen LogP contribution in [-0.2, 0) is 11.8 Å². The van der Waals surface area contributed by atoms with Crippen LogP contribution >= 0.6 is 0 Å². The summed E-state index contributed by atoms with van der Waals surface area (Å²) in [6.07, 6.45) is 5.49. The molecule has 4 rings (SSSR count). The predicted octanol–water partition coefficient (Wildman–Crippen LogP) is 4.00. The number of likely N-dealkylation sites (tertiary alicyclic amines) is 1. The Morgan fingerprint density at radius 2 is 1.94 bits per heavy atom. The molecule has 1 aliphatic heterocycles. The molecule has 1 N–H and O–H groups in total. The summed E-state index contributed by atoms with van der Waals surface area (Å²) in [5.41, 5.74) is 4.88. The zero-order valence-corrected chi connectivity index (χ0v) is 20.0. The maximum atomic E-state index is 12.9. The highest BCUT2D eigenvalue weighted by Crippen LogP contribution is 2.28. The minimum Gasteiger partial charge on any atom is -0.338 e. The molecule has 0 saturated carbocycles. The number of aryl methyl sites for hydroxylation is 4. The lowest BCUT2D eigenvalue weighted by atomic mass is 9.94. The zero-order valence-electron chi connectivity index (χ0n) is 20.0. The van der Waals surface area contributed by atoms with Crippen LogP contribution < -0.4 is 5.32 Å². The van der Waals surface area contributed by atoms with Crippen LogP contribution in [0.1, 0.15) is 52.9 Å². The van der Waals surface area contributed by atoms with Crippen molar-refractivity contribution in [2.24, 2.45) is 7.05 Å². The lowest BCUT2D eigenvalue weighted by Crippen LogP contribution is -2.38. The van der Waals surface area contributed by atoms with E-state index in [0.717, 1.165) is 59.4 Å². The molecule has 8 nitrogen and oxygen atoms in total. The summed E-state index contributed by atoms with van der Waals surface area (Å²) in [6, 6.07) is 7.82. The highest BCUT2D eigenvalue weighted by Gasteiger charge is 2.25. The number of anilines is 2. The van der Waals surface area contributed by atoms with Gasteiger partial charge in [-0.15, -0.1) is 0 Å². The second-order valence-corrected chi connectivity index (χ2v) is 8.68. The second kappa shape index (κ2) is 9.52. The molecule has 1 fully saturated rings. The van der Waals surface area contributed by atoms with Crippen molar-refractivity contribution in [2.75, 3.05) is 18.4 Å². The Hall–Kier alpha value is -3.55. The Kier molecular flexibility index (Phi) is 6.53. The van der Waals surface area contributed by atoms with Gasteiger partial charge in [-0.2, -0.15) is 5.10 Å². The van der Waals surface area contributed by atoms with Crippen molar-refractivity contribution in [1.82, 2.24) is 29.6 Å². The van der Waals surface area contributed by atoms with Gasteiger partial charge in [0.25, 0.3) is 0 Å². The molecule has 172 valence electrons. The average molecular weight is 446 g/mol. The van der Waals surface area contributed by atoms with E-state index in [4.69, 9.17) is 4.98 Å². The van der Waals surface area contributed by atoms with Gasteiger partial charge in [-0.3, -0.25) is 9.48 Å². The monoisotopic (exact) mass is 445 g/mol. The lowest BCUT2D eigenvalue weighted by Gasteiger charge is -2.32. The Balaban J connectivity index is 1.48. The summed E-state index contributed by atoms with van der Waals surface area (Å²) >= 11 is 0. The fourth-order valence-electron chi connectivity index (χ4n) is 4.32. The van der Waals surface area contributed by atoms with Crippen LogP contribution in [0.2, 0.25) is 0 Å². The summed E-state index contributed by atoms with van der Waals surface area (Å²) in [4.78, 5) is 28.6. The number of nitrogens with zero attached hydrogens (tertiary/aromatic N) is 6. The van der Waals surface area contributed by atoms with Gasteiger partial charge in [-0.05, 0) is 58.7 Å². The molecular weight excluding hydrogens is 414 g/mol. The smallest absolute Gasteiger partial charge is 0.246 e. The van der Waals surface area contributed by atoms with Crippen LogP contribution in [-0.4, -0.2) is 48.6 Å². The van der Waals surface area contributed by atoms with Gasteiger partial charge in [-0.1, -0.05) is 6.07 Å². The maximum Gasteiger partial charge on any atom is 0.246 e. The van der Waals surface area contributed by atoms with Crippen molar-refractivity contribution < 1.29 is 4.79 Å². The van der Waals surface area contributed by atoms with E-state index >= 15 is 0 Å². The minimum atomic E-state index is 0.0236. The molecule has 0 unspecified atom stereocenters. The predicted molar refractivity (Wildman–Crippen MR) is 129 cm³/mol. The molecule has 0 aliphatic carbocycles. The van der Waals surface area contributed by atoms with Crippen LogP contribution in [0.4, 0.5) is 11.6 Å². The largest absolute Gasteiger partial charge is 0.338 e. The lowest BCUT2D eigenvalue weighted by molar-refractivity contribution is -0.127. The summed E-state index contributed by atoms with van der Waals surface area (Å²) in [7, 11) is 1.92. The van der Waals surface area contributed by atoms with Crippen molar-refractivity contribution in [3.8, 4) is 0 Å². The van der Waals surface area contributed by atoms with E-state index < -0.39 is 0 Å². The number of pyridine rings is 1. The fourth-order valence-corrected chi connectivity index (χ4v) is 4.32. The molecule has 4 heterocycles. The number of piperidine rings is 1. The summed E-state index contributed by atoms with van der Waals surface area (Å²) in [5.74, 6) is 2.38. The van der Waals surface area contributed by atoms with Gasteiger partial charge in [-0.25, -0.2) is 15.0 Å². The molecule has 1 amide bonds. The normalized spacial score (nSPS) is 16.4. The van der Waals surface area contributed by atoms with Crippen molar-refractivity contribution in [3.63, 3.8) is 0 Å². The summed E-state index contributed by atoms with van der Waals surface area (Å²) in [6.45, 7) is 9.23. The van der Waals surface area contributed by atoms with Crippen LogP contribution in [0.3, 0.4) is 0 Å². The Labute approximate surface area is 194 Å². The average Bonchev–Trinajstić information content (AvgIpc) is 3.02. The number of carbonyl (C=O) groups excluding carboxylic acids is 1. The van der Waals surface area contributed by atoms with E-state index in [0.29, 0.717) is 12.4 Å². The summed E-state index contributed by atoms with van der Waals surface area (Å²) < 4.78 is 1.84. The molecule has 0 aromatic carbocycles. The van der Waals surface area contributed by atoms with Crippen molar-refractivity contribution in [1.29, 1.82) is 0 Å². The van der Waals surface area contributed by atoms with Crippen molar-refractivity contribution >= 4 is 23.6 Å². The molecule has 1 aliphatic rings. The SMILES string of the molecule is Cc1cccc(Nc2cc([C@H]3CCCN(C(=O)/C=C/c4c(C)nn(C)c4C)C3)nc(C)n2)n1. The molecule has 3 aromatic heterocycles. The van der Waals surface area contributed by atoms with Crippen LogP contribution in [0.5, 0.6) is 0 Å². The number of hydrogen-bond acceptors (Lipinski definition) is 6.